The molecule has 21 heavy (non-hydrogen) atoms. The lowest BCUT2D eigenvalue weighted by atomic mass is 9.90. The molecule has 0 aliphatic heterocycles. The highest BCUT2D eigenvalue weighted by Crippen LogP contribution is 2.43. The molecule has 2 aromatic rings. The van der Waals surface area contributed by atoms with Gasteiger partial charge in [-0.25, -0.2) is 0 Å². The average Bonchev–Trinajstić information content (AvgIpc) is 2.76. The fourth-order valence-electron chi connectivity index (χ4n) is 3.28. The number of rotatable bonds is 2. The van der Waals surface area contributed by atoms with Gasteiger partial charge < -0.3 is 5.32 Å². The first-order valence-corrected chi connectivity index (χ1v) is 8.63. The fourth-order valence-corrected chi connectivity index (χ4v) is 3.84. The first-order chi connectivity index (χ1) is 9.94. The molecule has 0 unspecified atom stereocenters. The van der Waals surface area contributed by atoms with Gasteiger partial charge in [0.15, 0.2) is 0 Å². The molecule has 110 valence electrons. The molecule has 0 bridgehead atoms. The molecule has 0 radical (unpaired) electrons. The second-order valence-corrected chi connectivity index (χ2v) is 8.18. The Hall–Kier alpha value is -0.870. The molecule has 3 rings (SSSR count). The smallest absolute Gasteiger partial charge is 0.0399 e. The highest BCUT2D eigenvalue weighted by Gasteiger charge is 2.35. The molecule has 2 atom stereocenters. The maximum Gasteiger partial charge on any atom is 0.0399 e. The standard InChI is InChI=1S/C19H22IN/c1-19(2,3)21-18-16-10-9-15(20)11-14(16)12-17(18)13-7-5-4-6-8-13/h4-11,17-18,21H,12H2,1-3H3/t17-,18-/m1/s1. The lowest BCUT2D eigenvalue weighted by Gasteiger charge is -2.31. The molecule has 0 fully saturated rings. The van der Waals surface area contributed by atoms with Crippen molar-refractivity contribution in [1.82, 2.24) is 5.32 Å². The molecule has 1 aliphatic carbocycles. The molecule has 0 aromatic heterocycles. The van der Waals surface area contributed by atoms with Crippen LogP contribution in [-0.2, 0) is 6.42 Å². The highest BCUT2D eigenvalue weighted by molar-refractivity contribution is 14.1. The average molecular weight is 391 g/mol. The normalized spacial score (nSPS) is 21.3. The summed E-state index contributed by atoms with van der Waals surface area (Å²) in [5, 5.41) is 3.84. The van der Waals surface area contributed by atoms with Crippen molar-refractivity contribution < 1.29 is 0 Å². The molecule has 1 N–H and O–H groups in total. The van der Waals surface area contributed by atoms with Crippen LogP contribution >= 0.6 is 22.6 Å². The topological polar surface area (TPSA) is 12.0 Å². The van der Waals surface area contributed by atoms with E-state index in [1.807, 2.05) is 0 Å². The van der Waals surface area contributed by atoms with E-state index in [-0.39, 0.29) is 5.54 Å². The Morgan fingerprint density at radius 3 is 2.43 bits per heavy atom. The Morgan fingerprint density at radius 1 is 1.05 bits per heavy atom. The summed E-state index contributed by atoms with van der Waals surface area (Å²) in [5.41, 5.74) is 4.52. The lowest BCUT2D eigenvalue weighted by molar-refractivity contribution is 0.340. The Kier molecular flexibility index (Phi) is 4.10. The number of nitrogens with one attached hydrogen (secondary N) is 1. The molecule has 0 heterocycles. The van der Waals surface area contributed by atoms with Gasteiger partial charge in [0.1, 0.15) is 0 Å². The third-order valence-corrected chi connectivity index (χ3v) is 4.77. The predicted molar refractivity (Wildman–Crippen MR) is 97.7 cm³/mol. The number of hydrogen-bond acceptors (Lipinski definition) is 1. The van der Waals surface area contributed by atoms with Gasteiger partial charge in [-0.15, -0.1) is 0 Å². The second-order valence-electron chi connectivity index (χ2n) is 6.94. The summed E-state index contributed by atoms with van der Waals surface area (Å²) >= 11 is 2.41. The number of halogens is 1. The van der Waals surface area contributed by atoms with Crippen molar-refractivity contribution in [2.75, 3.05) is 0 Å². The first kappa shape index (κ1) is 15.0. The minimum absolute atomic E-state index is 0.113. The second kappa shape index (κ2) is 5.73. The zero-order valence-electron chi connectivity index (χ0n) is 12.9. The van der Waals surface area contributed by atoms with E-state index in [9.17, 15) is 0 Å². The van der Waals surface area contributed by atoms with E-state index < -0.39 is 0 Å². The predicted octanol–water partition coefficient (Wildman–Crippen LogP) is 5.06. The molecule has 2 heteroatoms. The van der Waals surface area contributed by atoms with Crippen LogP contribution in [0.1, 0.15) is 49.4 Å². The van der Waals surface area contributed by atoms with Crippen LogP contribution in [-0.4, -0.2) is 5.54 Å². The molecule has 0 saturated carbocycles. The summed E-state index contributed by atoms with van der Waals surface area (Å²) in [4.78, 5) is 0. The maximum absolute atomic E-state index is 3.84. The van der Waals surface area contributed by atoms with Crippen molar-refractivity contribution in [2.24, 2.45) is 0 Å². The number of benzene rings is 2. The highest BCUT2D eigenvalue weighted by atomic mass is 127. The van der Waals surface area contributed by atoms with Gasteiger partial charge in [-0.05, 0) is 78.6 Å². The van der Waals surface area contributed by atoms with Crippen LogP contribution in [0.15, 0.2) is 48.5 Å². The third kappa shape index (κ3) is 3.32. The Bertz CT molecular complexity index is 628. The van der Waals surface area contributed by atoms with E-state index in [0.717, 1.165) is 6.42 Å². The van der Waals surface area contributed by atoms with Crippen molar-refractivity contribution in [1.29, 1.82) is 0 Å². The van der Waals surface area contributed by atoms with Crippen LogP contribution < -0.4 is 5.32 Å². The van der Waals surface area contributed by atoms with Crippen molar-refractivity contribution >= 4 is 22.6 Å². The van der Waals surface area contributed by atoms with E-state index in [1.54, 1.807) is 0 Å². The Balaban J connectivity index is 2.01. The Labute approximate surface area is 141 Å². The fraction of sp³-hybridized carbons (Fsp3) is 0.368. The summed E-state index contributed by atoms with van der Waals surface area (Å²) in [5.74, 6) is 0.527. The largest absolute Gasteiger partial charge is 0.305 e. The molecule has 0 amide bonds. The maximum atomic E-state index is 3.84. The minimum Gasteiger partial charge on any atom is -0.305 e. The van der Waals surface area contributed by atoms with Crippen LogP contribution in [0, 0.1) is 3.57 Å². The van der Waals surface area contributed by atoms with Gasteiger partial charge >= 0.3 is 0 Å². The zero-order chi connectivity index (χ0) is 15.0. The van der Waals surface area contributed by atoms with Gasteiger partial charge in [0.2, 0.25) is 0 Å². The van der Waals surface area contributed by atoms with E-state index in [2.05, 4.69) is 97.2 Å². The van der Waals surface area contributed by atoms with Crippen molar-refractivity contribution in [3.8, 4) is 0 Å². The van der Waals surface area contributed by atoms with Gasteiger partial charge in [0.25, 0.3) is 0 Å². The molecule has 1 aliphatic rings. The van der Waals surface area contributed by atoms with Crippen LogP contribution in [0.3, 0.4) is 0 Å². The zero-order valence-corrected chi connectivity index (χ0v) is 15.0. The molecule has 2 aromatic carbocycles. The molecule has 1 nitrogen and oxygen atoms in total. The Morgan fingerprint density at radius 2 is 1.76 bits per heavy atom. The van der Waals surface area contributed by atoms with Gasteiger partial charge in [-0.3, -0.25) is 0 Å². The summed E-state index contributed by atoms with van der Waals surface area (Å²) in [6.07, 6.45) is 1.13. The molecule has 0 saturated heterocycles. The minimum atomic E-state index is 0.113. The van der Waals surface area contributed by atoms with Crippen LogP contribution in [0.5, 0.6) is 0 Å². The lowest BCUT2D eigenvalue weighted by Crippen LogP contribution is -2.40. The number of fused-ring (bicyclic) bond motifs is 1. The van der Waals surface area contributed by atoms with E-state index in [0.29, 0.717) is 12.0 Å². The van der Waals surface area contributed by atoms with Crippen molar-refractivity contribution in [3.05, 3.63) is 68.8 Å². The van der Waals surface area contributed by atoms with E-state index in [1.165, 1.54) is 20.3 Å². The summed E-state index contributed by atoms with van der Waals surface area (Å²) in [7, 11) is 0. The van der Waals surface area contributed by atoms with E-state index in [4.69, 9.17) is 0 Å². The first-order valence-electron chi connectivity index (χ1n) is 7.55. The summed E-state index contributed by atoms with van der Waals surface area (Å²) in [6.45, 7) is 6.75. The molecule has 0 spiro atoms. The quantitative estimate of drug-likeness (QED) is 0.706. The summed E-state index contributed by atoms with van der Waals surface area (Å²) < 4.78 is 1.33. The summed E-state index contributed by atoms with van der Waals surface area (Å²) in [6, 6.07) is 18.2. The van der Waals surface area contributed by atoms with Gasteiger partial charge in [-0.2, -0.15) is 0 Å². The van der Waals surface area contributed by atoms with Gasteiger partial charge in [0, 0.05) is 21.1 Å². The molecular formula is C19H22IN. The van der Waals surface area contributed by atoms with Crippen LogP contribution in [0.2, 0.25) is 0 Å². The number of hydrogen-bond donors (Lipinski definition) is 1. The van der Waals surface area contributed by atoms with Crippen molar-refractivity contribution in [2.45, 2.75) is 44.7 Å². The van der Waals surface area contributed by atoms with Gasteiger partial charge in [-0.1, -0.05) is 36.4 Å². The van der Waals surface area contributed by atoms with Crippen molar-refractivity contribution in [3.63, 3.8) is 0 Å². The van der Waals surface area contributed by atoms with Gasteiger partial charge in [0.05, 0.1) is 0 Å². The third-order valence-electron chi connectivity index (χ3n) is 4.10. The van der Waals surface area contributed by atoms with Crippen LogP contribution in [0.4, 0.5) is 0 Å². The van der Waals surface area contributed by atoms with E-state index >= 15 is 0 Å². The van der Waals surface area contributed by atoms with Crippen LogP contribution in [0.25, 0.3) is 0 Å². The monoisotopic (exact) mass is 391 g/mol. The molecular weight excluding hydrogens is 369 g/mol. The SMILES string of the molecule is CC(C)(C)N[C@@H]1c2ccc(I)cc2C[C@@H]1c1ccccc1.